The van der Waals surface area contributed by atoms with Gasteiger partial charge in [0.25, 0.3) is 0 Å². The molecule has 1 aromatic carbocycles. The van der Waals surface area contributed by atoms with Crippen molar-refractivity contribution >= 4 is 33.2 Å². The molecular weight excluding hydrogens is 322 g/mol. The normalized spacial score (nSPS) is 12.1. The Balaban J connectivity index is 1.84. The van der Waals surface area contributed by atoms with Crippen LogP contribution in [0.2, 0.25) is 0 Å². The van der Waals surface area contributed by atoms with Gasteiger partial charge in [0.15, 0.2) is 0 Å². The third-order valence-corrected chi connectivity index (χ3v) is 4.17. The van der Waals surface area contributed by atoms with Crippen molar-refractivity contribution in [1.29, 1.82) is 0 Å². The lowest BCUT2D eigenvalue weighted by Gasteiger charge is -2.14. The van der Waals surface area contributed by atoms with Crippen molar-refractivity contribution < 1.29 is 4.79 Å². The molecule has 1 amide bonds. The Kier molecular flexibility index (Phi) is 5.16. The minimum absolute atomic E-state index is 0.0347. The SMILES string of the molecule is CC(NC(=O)CCc1ccsc1)c1cccc(Br)c1. The van der Waals surface area contributed by atoms with Crippen LogP contribution in [0, 0.1) is 0 Å². The molecule has 2 nitrogen and oxygen atoms in total. The average molecular weight is 338 g/mol. The molecule has 0 aliphatic carbocycles. The molecule has 0 saturated heterocycles. The van der Waals surface area contributed by atoms with Crippen LogP contribution in [-0.2, 0) is 11.2 Å². The third-order valence-electron chi connectivity index (χ3n) is 2.95. The summed E-state index contributed by atoms with van der Waals surface area (Å²) in [6.07, 6.45) is 1.34. The first kappa shape index (κ1) is 14.3. The van der Waals surface area contributed by atoms with Crippen LogP contribution in [0.1, 0.15) is 30.5 Å². The molecule has 100 valence electrons. The van der Waals surface area contributed by atoms with Crippen molar-refractivity contribution in [1.82, 2.24) is 5.32 Å². The van der Waals surface area contributed by atoms with Gasteiger partial charge < -0.3 is 5.32 Å². The van der Waals surface area contributed by atoms with E-state index in [1.54, 1.807) is 11.3 Å². The van der Waals surface area contributed by atoms with Gasteiger partial charge in [-0.1, -0.05) is 28.1 Å². The number of hydrogen-bond donors (Lipinski definition) is 1. The van der Waals surface area contributed by atoms with E-state index in [1.165, 1.54) is 5.56 Å². The molecule has 0 aliphatic rings. The summed E-state index contributed by atoms with van der Waals surface area (Å²) in [5.41, 5.74) is 2.34. The third kappa shape index (κ3) is 4.48. The van der Waals surface area contributed by atoms with Crippen LogP contribution >= 0.6 is 27.3 Å². The van der Waals surface area contributed by atoms with E-state index in [0.717, 1.165) is 16.5 Å². The molecule has 1 heterocycles. The molecule has 1 atom stereocenters. The summed E-state index contributed by atoms with van der Waals surface area (Å²) >= 11 is 5.11. The number of carbonyl (C=O) groups excluding carboxylic acids is 1. The highest BCUT2D eigenvalue weighted by Gasteiger charge is 2.09. The fourth-order valence-electron chi connectivity index (χ4n) is 1.87. The molecule has 2 rings (SSSR count). The lowest BCUT2D eigenvalue weighted by Crippen LogP contribution is -2.26. The smallest absolute Gasteiger partial charge is 0.220 e. The number of hydrogen-bond acceptors (Lipinski definition) is 2. The van der Waals surface area contributed by atoms with Crippen LogP contribution in [0.25, 0.3) is 0 Å². The molecule has 19 heavy (non-hydrogen) atoms. The highest BCUT2D eigenvalue weighted by atomic mass is 79.9. The number of thiophene rings is 1. The highest BCUT2D eigenvalue weighted by Crippen LogP contribution is 2.18. The molecule has 0 fully saturated rings. The lowest BCUT2D eigenvalue weighted by atomic mass is 10.1. The van der Waals surface area contributed by atoms with Crippen LogP contribution in [0.15, 0.2) is 45.6 Å². The van der Waals surface area contributed by atoms with Gasteiger partial charge in [0.05, 0.1) is 6.04 Å². The van der Waals surface area contributed by atoms with Gasteiger partial charge in [0.2, 0.25) is 5.91 Å². The summed E-state index contributed by atoms with van der Waals surface area (Å²) in [5, 5.41) is 7.16. The molecule has 0 spiro atoms. The Labute approximate surface area is 126 Å². The Morgan fingerprint density at radius 3 is 2.95 bits per heavy atom. The average Bonchev–Trinajstić information content (AvgIpc) is 2.89. The van der Waals surface area contributed by atoms with Gasteiger partial charge in [-0.15, -0.1) is 0 Å². The van der Waals surface area contributed by atoms with Crippen molar-refractivity contribution in [2.45, 2.75) is 25.8 Å². The van der Waals surface area contributed by atoms with Gasteiger partial charge in [-0.05, 0) is 53.4 Å². The van der Waals surface area contributed by atoms with E-state index in [-0.39, 0.29) is 11.9 Å². The summed E-state index contributed by atoms with van der Waals surface area (Å²) in [4.78, 5) is 11.9. The Morgan fingerprint density at radius 1 is 1.42 bits per heavy atom. The zero-order valence-electron chi connectivity index (χ0n) is 10.7. The predicted molar refractivity (Wildman–Crippen MR) is 83.3 cm³/mol. The summed E-state index contributed by atoms with van der Waals surface area (Å²) in [5.74, 6) is 0.0960. The fraction of sp³-hybridized carbons (Fsp3) is 0.267. The number of halogens is 1. The van der Waals surface area contributed by atoms with E-state index in [0.29, 0.717) is 6.42 Å². The summed E-state index contributed by atoms with van der Waals surface area (Å²) in [6.45, 7) is 2.00. The van der Waals surface area contributed by atoms with E-state index >= 15 is 0 Å². The van der Waals surface area contributed by atoms with Crippen LogP contribution < -0.4 is 5.32 Å². The topological polar surface area (TPSA) is 29.1 Å². The minimum atomic E-state index is 0.0347. The predicted octanol–water partition coefficient (Wildman–Crippen LogP) is 4.32. The standard InChI is InChI=1S/C15H16BrNOS/c1-11(13-3-2-4-14(16)9-13)17-15(18)6-5-12-7-8-19-10-12/h2-4,7-11H,5-6H2,1H3,(H,17,18). The molecule has 0 radical (unpaired) electrons. The largest absolute Gasteiger partial charge is 0.350 e. The zero-order chi connectivity index (χ0) is 13.7. The molecular formula is C15H16BrNOS. The maximum atomic E-state index is 11.9. The zero-order valence-corrected chi connectivity index (χ0v) is 13.1. The second-order valence-corrected chi connectivity index (χ2v) is 6.17. The monoisotopic (exact) mass is 337 g/mol. The van der Waals surface area contributed by atoms with Crippen LogP contribution in [0.5, 0.6) is 0 Å². The number of benzene rings is 1. The van der Waals surface area contributed by atoms with Crippen LogP contribution in [0.3, 0.4) is 0 Å². The number of amides is 1. The maximum absolute atomic E-state index is 11.9. The minimum Gasteiger partial charge on any atom is -0.350 e. The van der Waals surface area contributed by atoms with Gasteiger partial charge in [-0.3, -0.25) is 4.79 Å². The van der Waals surface area contributed by atoms with Crippen molar-refractivity contribution in [3.63, 3.8) is 0 Å². The second-order valence-electron chi connectivity index (χ2n) is 4.48. The van der Waals surface area contributed by atoms with Gasteiger partial charge in [0.1, 0.15) is 0 Å². The maximum Gasteiger partial charge on any atom is 0.220 e. The number of rotatable bonds is 5. The Morgan fingerprint density at radius 2 is 2.26 bits per heavy atom. The second kappa shape index (κ2) is 6.87. The molecule has 4 heteroatoms. The van der Waals surface area contributed by atoms with Crippen LogP contribution in [-0.4, -0.2) is 5.91 Å². The quantitative estimate of drug-likeness (QED) is 0.864. The number of aryl methyl sites for hydroxylation is 1. The van der Waals surface area contributed by atoms with E-state index < -0.39 is 0 Å². The van der Waals surface area contributed by atoms with Gasteiger partial charge in [-0.2, -0.15) is 11.3 Å². The molecule has 1 N–H and O–H groups in total. The summed E-state index contributed by atoms with van der Waals surface area (Å²) < 4.78 is 1.03. The molecule has 0 aliphatic heterocycles. The van der Waals surface area contributed by atoms with E-state index in [1.807, 2.05) is 36.6 Å². The van der Waals surface area contributed by atoms with E-state index in [4.69, 9.17) is 0 Å². The lowest BCUT2D eigenvalue weighted by molar-refractivity contribution is -0.121. The number of carbonyl (C=O) groups is 1. The summed E-state index contributed by atoms with van der Waals surface area (Å²) in [7, 11) is 0. The van der Waals surface area contributed by atoms with Crippen molar-refractivity contribution in [3.05, 3.63) is 56.7 Å². The highest BCUT2D eigenvalue weighted by molar-refractivity contribution is 9.10. The Bertz CT molecular complexity index is 539. The molecule has 2 aromatic rings. The molecule has 1 unspecified atom stereocenters. The molecule has 0 saturated carbocycles. The van der Waals surface area contributed by atoms with Crippen molar-refractivity contribution in [2.24, 2.45) is 0 Å². The van der Waals surface area contributed by atoms with Crippen LogP contribution in [0.4, 0.5) is 0 Å². The van der Waals surface area contributed by atoms with E-state index in [9.17, 15) is 4.79 Å². The van der Waals surface area contributed by atoms with Gasteiger partial charge in [-0.25, -0.2) is 0 Å². The Hall–Kier alpha value is -1.13. The first-order chi connectivity index (χ1) is 9.15. The van der Waals surface area contributed by atoms with Gasteiger partial charge >= 0.3 is 0 Å². The first-order valence-electron chi connectivity index (χ1n) is 6.21. The van der Waals surface area contributed by atoms with Gasteiger partial charge in [0, 0.05) is 10.9 Å². The van der Waals surface area contributed by atoms with Crippen molar-refractivity contribution in [3.8, 4) is 0 Å². The molecule has 0 bridgehead atoms. The molecule has 1 aromatic heterocycles. The van der Waals surface area contributed by atoms with E-state index in [2.05, 4.69) is 32.7 Å². The number of nitrogens with one attached hydrogen (secondary N) is 1. The summed E-state index contributed by atoms with van der Waals surface area (Å²) in [6, 6.07) is 10.1. The first-order valence-corrected chi connectivity index (χ1v) is 7.94. The van der Waals surface area contributed by atoms with Crippen molar-refractivity contribution in [2.75, 3.05) is 0 Å². The fourth-order valence-corrected chi connectivity index (χ4v) is 2.99.